The van der Waals surface area contributed by atoms with Crippen molar-refractivity contribution in [2.45, 2.75) is 26.2 Å². The third-order valence-electron chi connectivity index (χ3n) is 2.01. The van der Waals surface area contributed by atoms with Crippen LogP contribution < -0.4 is 0 Å². The Morgan fingerprint density at radius 3 is 3.00 bits per heavy atom. The van der Waals surface area contributed by atoms with Crippen LogP contribution in [0.25, 0.3) is 0 Å². The van der Waals surface area contributed by atoms with Gasteiger partial charge in [-0.3, -0.25) is 0 Å². The van der Waals surface area contributed by atoms with Gasteiger partial charge in [-0.25, -0.2) is 0 Å². The molecule has 0 saturated carbocycles. The molecule has 0 N–H and O–H groups in total. The maximum atomic E-state index is 3.50. The minimum Gasteiger partial charge on any atom is -0.152 e. The average Bonchev–Trinajstić information content (AvgIpc) is 2.57. The Labute approximate surface area is 87.1 Å². The summed E-state index contributed by atoms with van der Waals surface area (Å²) < 4.78 is 0. The molecule has 1 unspecified atom stereocenters. The third kappa shape index (κ3) is 3.72. The van der Waals surface area contributed by atoms with E-state index in [1.807, 2.05) is 0 Å². The van der Waals surface area contributed by atoms with E-state index in [1.54, 1.807) is 11.3 Å². The number of aryl methyl sites for hydroxylation is 1. The Hall–Kier alpha value is 0.180. The maximum Gasteiger partial charge on any atom is 0.00570 e. The van der Waals surface area contributed by atoms with Gasteiger partial charge in [-0.05, 0) is 47.6 Å². The first kappa shape index (κ1) is 10.3. The molecule has 12 heavy (non-hydrogen) atoms. The van der Waals surface area contributed by atoms with Gasteiger partial charge in [-0.15, -0.1) is 0 Å². The standard InChI is InChI=1S/C10H15BrS/c1-9(7-11)3-2-4-10-5-6-12-8-10/h5-6,8-9H,2-4,7H2,1H3. The lowest BCUT2D eigenvalue weighted by molar-refractivity contribution is 0.567. The molecule has 0 bridgehead atoms. The molecular formula is C10H15BrS. The summed E-state index contributed by atoms with van der Waals surface area (Å²) in [5, 5.41) is 5.54. The fourth-order valence-electron chi connectivity index (χ4n) is 1.17. The van der Waals surface area contributed by atoms with E-state index in [9.17, 15) is 0 Å². The highest BCUT2D eigenvalue weighted by Crippen LogP contribution is 2.13. The summed E-state index contributed by atoms with van der Waals surface area (Å²) in [5.41, 5.74) is 1.50. The Balaban J connectivity index is 2.11. The van der Waals surface area contributed by atoms with Crippen molar-refractivity contribution in [2.24, 2.45) is 5.92 Å². The van der Waals surface area contributed by atoms with Gasteiger partial charge in [0.2, 0.25) is 0 Å². The summed E-state index contributed by atoms with van der Waals surface area (Å²) in [6.07, 6.45) is 3.91. The minimum atomic E-state index is 0.823. The van der Waals surface area contributed by atoms with E-state index in [4.69, 9.17) is 0 Å². The zero-order valence-electron chi connectivity index (χ0n) is 7.42. The van der Waals surface area contributed by atoms with Crippen LogP contribution >= 0.6 is 27.3 Å². The van der Waals surface area contributed by atoms with Gasteiger partial charge in [0.05, 0.1) is 0 Å². The monoisotopic (exact) mass is 246 g/mol. The zero-order chi connectivity index (χ0) is 8.81. The fourth-order valence-corrected chi connectivity index (χ4v) is 2.19. The van der Waals surface area contributed by atoms with E-state index in [1.165, 1.54) is 24.8 Å². The van der Waals surface area contributed by atoms with Crippen LogP contribution in [0.3, 0.4) is 0 Å². The van der Waals surface area contributed by atoms with E-state index in [2.05, 4.69) is 39.7 Å². The Morgan fingerprint density at radius 2 is 2.42 bits per heavy atom. The Bertz CT molecular complexity index is 194. The molecular weight excluding hydrogens is 232 g/mol. The van der Waals surface area contributed by atoms with Crippen molar-refractivity contribution >= 4 is 27.3 Å². The van der Waals surface area contributed by atoms with Crippen LogP contribution in [0.5, 0.6) is 0 Å². The van der Waals surface area contributed by atoms with E-state index >= 15 is 0 Å². The normalized spacial score (nSPS) is 13.2. The molecule has 0 saturated heterocycles. The Morgan fingerprint density at radius 1 is 1.58 bits per heavy atom. The molecule has 0 fully saturated rings. The van der Waals surface area contributed by atoms with Gasteiger partial charge in [0.25, 0.3) is 0 Å². The predicted octanol–water partition coefficient (Wildman–Crippen LogP) is 4.10. The molecule has 0 spiro atoms. The number of rotatable bonds is 5. The second kappa shape index (κ2) is 5.76. The molecule has 1 heterocycles. The zero-order valence-corrected chi connectivity index (χ0v) is 9.83. The molecule has 1 aromatic heterocycles. The lowest BCUT2D eigenvalue weighted by Gasteiger charge is -2.05. The van der Waals surface area contributed by atoms with Gasteiger partial charge in [0, 0.05) is 5.33 Å². The van der Waals surface area contributed by atoms with Crippen LogP contribution in [0.1, 0.15) is 25.3 Å². The highest BCUT2D eigenvalue weighted by molar-refractivity contribution is 9.09. The van der Waals surface area contributed by atoms with Crippen LogP contribution in [0, 0.1) is 5.92 Å². The summed E-state index contributed by atoms with van der Waals surface area (Å²) in [6, 6.07) is 2.23. The molecule has 0 radical (unpaired) electrons. The molecule has 68 valence electrons. The molecule has 0 amide bonds. The first-order valence-corrected chi connectivity index (χ1v) is 6.46. The molecule has 2 heteroatoms. The molecule has 1 rings (SSSR count). The predicted molar refractivity (Wildman–Crippen MR) is 60.2 cm³/mol. The second-order valence-electron chi connectivity index (χ2n) is 3.28. The largest absolute Gasteiger partial charge is 0.152 e. The van der Waals surface area contributed by atoms with Crippen molar-refractivity contribution in [2.75, 3.05) is 5.33 Å². The van der Waals surface area contributed by atoms with Gasteiger partial charge >= 0.3 is 0 Å². The van der Waals surface area contributed by atoms with Gasteiger partial charge < -0.3 is 0 Å². The smallest absolute Gasteiger partial charge is 0.00570 e. The number of hydrogen-bond donors (Lipinski definition) is 0. The number of alkyl halides is 1. The van der Waals surface area contributed by atoms with Crippen molar-refractivity contribution < 1.29 is 0 Å². The highest BCUT2D eigenvalue weighted by atomic mass is 79.9. The maximum absolute atomic E-state index is 3.50. The van der Waals surface area contributed by atoms with Crippen LogP contribution in [-0.2, 0) is 6.42 Å². The first-order valence-electron chi connectivity index (χ1n) is 4.40. The molecule has 0 aliphatic heterocycles. The van der Waals surface area contributed by atoms with Crippen LogP contribution in [0.15, 0.2) is 16.8 Å². The minimum absolute atomic E-state index is 0.823. The molecule has 1 aromatic rings. The van der Waals surface area contributed by atoms with Crippen molar-refractivity contribution in [3.05, 3.63) is 22.4 Å². The van der Waals surface area contributed by atoms with Crippen molar-refractivity contribution in [3.8, 4) is 0 Å². The van der Waals surface area contributed by atoms with Crippen LogP contribution in [-0.4, -0.2) is 5.33 Å². The quantitative estimate of drug-likeness (QED) is 0.687. The van der Waals surface area contributed by atoms with Gasteiger partial charge in [0.1, 0.15) is 0 Å². The van der Waals surface area contributed by atoms with Crippen molar-refractivity contribution in [1.29, 1.82) is 0 Å². The summed E-state index contributed by atoms with van der Waals surface area (Å²) in [6.45, 7) is 2.29. The second-order valence-corrected chi connectivity index (χ2v) is 4.71. The van der Waals surface area contributed by atoms with Crippen LogP contribution in [0.4, 0.5) is 0 Å². The van der Waals surface area contributed by atoms with E-state index in [0.717, 1.165) is 11.2 Å². The van der Waals surface area contributed by atoms with Gasteiger partial charge in [-0.1, -0.05) is 22.9 Å². The summed E-state index contributed by atoms with van der Waals surface area (Å²) in [7, 11) is 0. The van der Waals surface area contributed by atoms with E-state index < -0.39 is 0 Å². The SMILES string of the molecule is CC(CBr)CCCc1ccsc1. The molecule has 1 atom stereocenters. The summed E-state index contributed by atoms with van der Waals surface area (Å²) >= 11 is 5.29. The topological polar surface area (TPSA) is 0 Å². The van der Waals surface area contributed by atoms with Crippen LogP contribution in [0.2, 0.25) is 0 Å². The molecule has 0 aromatic carbocycles. The molecule has 0 nitrogen and oxygen atoms in total. The van der Waals surface area contributed by atoms with E-state index in [-0.39, 0.29) is 0 Å². The first-order chi connectivity index (χ1) is 5.83. The van der Waals surface area contributed by atoms with E-state index in [0.29, 0.717) is 0 Å². The fraction of sp³-hybridized carbons (Fsp3) is 0.600. The number of hydrogen-bond acceptors (Lipinski definition) is 1. The third-order valence-corrected chi connectivity index (χ3v) is 3.84. The Kier molecular flexibility index (Phi) is 4.93. The van der Waals surface area contributed by atoms with Crippen molar-refractivity contribution in [3.63, 3.8) is 0 Å². The van der Waals surface area contributed by atoms with Gasteiger partial charge in [0.15, 0.2) is 0 Å². The number of thiophene rings is 1. The molecule has 0 aliphatic rings. The molecule has 0 aliphatic carbocycles. The average molecular weight is 247 g/mol. The lowest BCUT2D eigenvalue weighted by Crippen LogP contribution is -1.96. The summed E-state index contributed by atoms with van der Waals surface area (Å²) in [5.74, 6) is 0.823. The highest BCUT2D eigenvalue weighted by Gasteiger charge is 1.99. The van der Waals surface area contributed by atoms with Gasteiger partial charge in [-0.2, -0.15) is 11.3 Å². The number of halogens is 1. The lowest BCUT2D eigenvalue weighted by atomic mass is 10.0. The summed E-state index contributed by atoms with van der Waals surface area (Å²) in [4.78, 5) is 0. The van der Waals surface area contributed by atoms with Crippen molar-refractivity contribution in [1.82, 2.24) is 0 Å².